The number of nitrogens with zero attached hydrogens (tertiary/aromatic N) is 1. The standard InChI is InChI=1S/C20H23ClN2O6S/c1-14(29-17-5-3-4-15(21)12-17)20(24)22-16-6-7-18(27-2)19(13-16)30(25,26)23-8-10-28-11-9-23/h3-7,12-14H,8-11H2,1-2H3,(H,22,24)/t14-/m0/s1. The van der Waals surface area contributed by atoms with Crippen LogP contribution in [0.4, 0.5) is 5.69 Å². The predicted molar refractivity (Wildman–Crippen MR) is 113 cm³/mol. The largest absolute Gasteiger partial charge is 0.495 e. The van der Waals surface area contributed by atoms with Crippen LogP contribution in [0.25, 0.3) is 0 Å². The Morgan fingerprint density at radius 3 is 2.60 bits per heavy atom. The van der Waals surface area contributed by atoms with Crippen LogP contribution in [0, 0.1) is 0 Å². The number of carbonyl (C=O) groups excluding carboxylic acids is 1. The molecule has 30 heavy (non-hydrogen) atoms. The molecular formula is C20H23ClN2O6S. The van der Waals surface area contributed by atoms with Gasteiger partial charge in [0.15, 0.2) is 6.10 Å². The van der Waals surface area contributed by atoms with Crippen molar-refractivity contribution in [2.24, 2.45) is 0 Å². The maximum absolute atomic E-state index is 13.1. The highest BCUT2D eigenvalue weighted by molar-refractivity contribution is 7.89. The zero-order valence-corrected chi connectivity index (χ0v) is 18.2. The predicted octanol–water partition coefficient (Wildman–Crippen LogP) is 2.78. The van der Waals surface area contributed by atoms with E-state index in [-0.39, 0.29) is 23.7 Å². The summed E-state index contributed by atoms with van der Waals surface area (Å²) >= 11 is 5.93. The molecule has 2 aromatic carbocycles. The Kier molecular flexibility index (Phi) is 7.19. The van der Waals surface area contributed by atoms with Gasteiger partial charge in [0, 0.05) is 23.8 Å². The van der Waals surface area contributed by atoms with E-state index >= 15 is 0 Å². The fourth-order valence-corrected chi connectivity index (χ4v) is 4.69. The van der Waals surface area contributed by atoms with Gasteiger partial charge >= 0.3 is 0 Å². The monoisotopic (exact) mass is 454 g/mol. The molecule has 162 valence electrons. The normalized spacial score (nSPS) is 16.0. The lowest BCUT2D eigenvalue weighted by Crippen LogP contribution is -2.40. The Morgan fingerprint density at radius 1 is 1.20 bits per heavy atom. The van der Waals surface area contributed by atoms with Crippen LogP contribution in [0.5, 0.6) is 11.5 Å². The summed E-state index contributed by atoms with van der Waals surface area (Å²) in [6, 6.07) is 11.2. The molecule has 2 aromatic rings. The first-order valence-electron chi connectivity index (χ1n) is 9.30. The topological polar surface area (TPSA) is 94.2 Å². The molecule has 1 saturated heterocycles. The van der Waals surface area contributed by atoms with Crippen molar-refractivity contribution in [1.82, 2.24) is 4.31 Å². The molecule has 0 aromatic heterocycles. The summed E-state index contributed by atoms with van der Waals surface area (Å²) in [6.45, 7) is 2.76. The molecule has 1 N–H and O–H groups in total. The fraction of sp³-hybridized carbons (Fsp3) is 0.350. The third kappa shape index (κ3) is 5.23. The van der Waals surface area contributed by atoms with Crippen molar-refractivity contribution < 1.29 is 27.4 Å². The minimum atomic E-state index is -3.81. The summed E-state index contributed by atoms with van der Waals surface area (Å²) in [4.78, 5) is 12.5. The number of hydrogen-bond acceptors (Lipinski definition) is 6. The molecule has 0 bridgehead atoms. The highest BCUT2D eigenvalue weighted by Crippen LogP contribution is 2.30. The molecule has 0 radical (unpaired) electrons. The molecule has 0 unspecified atom stereocenters. The van der Waals surface area contributed by atoms with Crippen LogP contribution in [0.1, 0.15) is 6.92 Å². The van der Waals surface area contributed by atoms with Crippen LogP contribution >= 0.6 is 11.6 Å². The van der Waals surface area contributed by atoms with Crippen LogP contribution in [0.15, 0.2) is 47.4 Å². The number of methoxy groups -OCH3 is 1. The Hall–Kier alpha value is -2.33. The van der Waals surface area contributed by atoms with Crippen molar-refractivity contribution in [3.8, 4) is 11.5 Å². The smallest absolute Gasteiger partial charge is 0.265 e. The van der Waals surface area contributed by atoms with E-state index in [2.05, 4.69) is 5.32 Å². The number of benzene rings is 2. The van der Waals surface area contributed by atoms with Gasteiger partial charge in [0.2, 0.25) is 10.0 Å². The van der Waals surface area contributed by atoms with Crippen LogP contribution in [-0.2, 0) is 19.6 Å². The van der Waals surface area contributed by atoms with E-state index in [0.717, 1.165) is 0 Å². The van der Waals surface area contributed by atoms with E-state index in [1.807, 2.05) is 0 Å². The Labute approximate surface area is 180 Å². The van der Waals surface area contributed by atoms with Gasteiger partial charge in [-0.1, -0.05) is 17.7 Å². The lowest BCUT2D eigenvalue weighted by Gasteiger charge is -2.27. The van der Waals surface area contributed by atoms with Gasteiger partial charge in [-0.25, -0.2) is 8.42 Å². The molecule has 1 aliphatic rings. The number of nitrogens with one attached hydrogen (secondary N) is 1. The molecule has 0 saturated carbocycles. The third-order valence-corrected chi connectivity index (χ3v) is 6.65. The average Bonchev–Trinajstić information content (AvgIpc) is 2.74. The number of sulfonamides is 1. The van der Waals surface area contributed by atoms with E-state index in [4.69, 9.17) is 25.8 Å². The summed E-state index contributed by atoms with van der Waals surface area (Å²) in [5, 5.41) is 3.18. The van der Waals surface area contributed by atoms with Crippen molar-refractivity contribution in [2.75, 3.05) is 38.7 Å². The van der Waals surface area contributed by atoms with Crippen LogP contribution in [0.2, 0.25) is 5.02 Å². The molecule has 0 spiro atoms. The first-order valence-corrected chi connectivity index (χ1v) is 11.1. The molecule has 3 rings (SSSR count). The fourth-order valence-electron chi connectivity index (χ4n) is 2.92. The minimum absolute atomic E-state index is 0.0203. The minimum Gasteiger partial charge on any atom is -0.495 e. The average molecular weight is 455 g/mol. The highest BCUT2D eigenvalue weighted by atomic mass is 35.5. The maximum atomic E-state index is 13.1. The molecule has 1 fully saturated rings. The van der Waals surface area contributed by atoms with Crippen molar-refractivity contribution in [3.63, 3.8) is 0 Å². The first kappa shape index (κ1) is 22.4. The van der Waals surface area contributed by atoms with Crippen molar-refractivity contribution in [2.45, 2.75) is 17.9 Å². The molecule has 1 atom stereocenters. The first-order chi connectivity index (χ1) is 14.3. The van der Waals surface area contributed by atoms with Gasteiger partial charge in [-0.3, -0.25) is 4.79 Å². The Balaban J connectivity index is 1.78. The van der Waals surface area contributed by atoms with E-state index in [1.54, 1.807) is 37.3 Å². The Bertz CT molecular complexity index is 1010. The molecule has 1 heterocycles. The zero-order chi connectivity index (χ0) is 21.7. The zero-order valence-electron chi connectivity index (χ0n) is 16.6. The number of hydrogen-bond donors (Lipinski definition) is 1. The summed E-state index contributed by atoms with van der Waals surface area (Å²) in [5.41, 5.74) is 0.314. The number of ether oxygens (including phenoxy) is 3. The van der Waals surface area contributed by atoms with Gasteiger partial charge in [-0.05, 0) is 43.3 Å². The third-order valence-electron chi connectivity index (χ3n) is 4.50. The molecular weight excluding hydrogens is 432 g/mol. The molecule has 10 heteroatoms. The number of amides is 1. The van der Waals surface area contributed by atoms with Gasteiger partial charge in [0.1, 0.15) is 16.4 Å². The SMILES string of the molecule is COc1ccc(NC(=O)[C@H](C)Oc2cccc(Cl)c2)cc1S(=O)(=O)N1CCOCC1. The van der Waals surface area contributed by atoms with Crippen LogP contribution < -0.4 is 14.8 Å². The number of rotatable bonds is 7. The lowest BCUT2D eigenvalue weighted by molar-refractivity contribution is -0.122. The second-order valence-corrected chi connectivity index (χ2v) is 8.93. The summed E-state index contributed by atoms with van der Waals surface area (Å²) in [6.07, 6.45) is -0.829. The second-order valence-electron chi connectivity index (χ2n) is 6.59. The van der Waals surface area contributed by atoms with Gasteiger partial charge < -0.3 is 19.5 Å². The summed E-state index contributed by atoms with van der Waals surface area (Å²) in [5.74, 6) is 0.216. The van der Waals surface area contributed by atoms with Crippen molar-refractivity contribution in [1.29, 1.82) is 0 Å². The molecule has 1 aliphatic heterocycles. The number of morpholine rings is 1. The van der Waals surface area contributed by atoms with Gasteiger partial charge in [0.05, 0.1) is 20.3 Å². The van der Waals surface area contributed by atoms with E-state index in [1.165, 1.54) is 23.5 Å². The van der Waals surface area contributed by atoms with E-state index in [0.29, 0.717) is 29.7 Å². The molecule has 8 nitrogen and oxygen atoms in total. The van der Waals surface area contributed by atoms with E-state index in [9.17, 15) is 13.2 Å². The van der Waals surface area contributed by atoms with Crippen molar-refractivity contribution >= 4 is 33.2 Å². The quantitative estimate of drug-likeness (QED) is 0.691. The number of anilines is 1. The van der Waals surface area contributed by atoms with Crippen LogP contribution in [-0.4, -0.2) is 58.1 Å². The highest BCUT2D eigenvalue weighted by Gasteiger charge is 2.30. The van der Waals surface area contributed by atoms with E-state index < -0.39 is 22.0 Å². The van der Waals surface area contributed by atoms with Gasteiger partial charge in [-0.15, -0.1) is 0 Å². The number of halogens is 1. The lowest BCUT2D eigenvalue weighted by atomic mass is 10.2. The van der Waals surface area contributed by atoms with Gasteiger partial charge in [-0.2, -0.15) is 4.31 Å². The second kappa shape index (κ2) is 9.65. The summed E-state index contributed by atoms with van der Waals surface area (Å²) in [7, 11) is -2.41. The van der Waals surface area contributed by atoms with Crippen molar-refractivity contribution in [3.05, 3.63) is 47.5 Å². The van der Waals surface area contributed by atoms with Crippen LogP contribution in [0.3, 0.4) is 0 Å². The molecule has 0 aliphatic carbocycles. The Morgan fingerprint density at radius 2 is 1.93 bits per heavy atom. The summed E-state index contributed by atoms with van der Waals surface area (Å²) < 4.78 is 43.5. The van der Waals surface area contributed by atoms with Gasteiger partial charge in [0.25, 0.3) is 5.91 Å². The number of carbonyl (C=O) groups is 1. The maximum Gasteiger partial charge on any atom is 0.265 e. The molecule has 1 amide bonds.